The summed E-state index contributed by atoms with van der Waals surface area (Å²) in [6.45, 7) is 1.18. The van der Waals surface area contributed by atoms with Crippen LogP contribution in [0.5, 0.6) is 0 Å². The fourth-order valence-corrected chi connectivity index (χ4v) is 2.45. The molecular weight excluding hydrogens is 172 g/mol. The van der Waals surface area contributed by atoms with E-state index in [1.54, 1.807) is 5.56 Å². The van der Waals surface area contributed by atoms with Gasteiger partial charge in [0.2, 0.25) is 0 Å². The number of hydrogen-bond acceptors (Lipinski definition) is 2. The summed E-state index contributed by atoms with van der Waals surface area (Å²) in [6.07, 6.45) is 9.43. The molecule has 14 heavy (non-hydrogen) atoms. The molecule has 1 aromatic rings. The largest absolute Gasteiger partial charge is 0.373 e. The second-order valence-electron chi connectivity index (χ2n) is 4.53. The normalized spacial score (nSPS) is 20.8. The minimum Gasteiger partial charge on any atom is -0.373 e. The number of nitrogens with zero attached hydrogens (tertiary/aromatic N) is 2. The topological polar surface area (TPSA) is 16.1 Å². The van der Waals surface area contributed by atoms with E-state index in [9.17, 15) is 0 Å². The number of aromatic nitrogens is 1. The highest BCUT2D eigenvalue weighted by molar-refractivity contribution is 5.57. The molecule has 0 saturated heterocycles. The van der Waals surface area contributed by atoms with Crippen LogP contribution in [0.2, 0.25) is 0 Å². The van der Waals surface area contributed by atoms with Gasteiger partial charge >= 0.3 is 0 Å². The molecule has 2 nitrogen and oxygen atoms in total. The molecule has 1 saturated carbocycles. The number of hydrogen-bond donors (Lipinski definition) is 0. The van der Waals surface area contributed by atoms with Crippen molar-refractivity contribution < 1.29 is 0 Å². The summed E-state index contributed by atoms with van der Waals surface area (Å²) < 4.78 is 0. The lowest BCUT2D eigenvalue weighted by Gasteiger charge is -2.28. The molecule has 0 spiro atoms. The Morgan fingerprint density at radius 2 is 2.21 bits per heavy atom. The maximum absolute atomic E-state index is 4.37. The third-order valence-corrected chi connectivity index (χ3v) is 3.42. The van der Waals surface area contributed by atoms with Crippen molar-refractivity contribution in [3.63, 3.8) is 0 Å². The second-order valence-corrected chi connectivity index (χ2v) is 4.53. The lowest BCUT2D eigenvalue weighted by molar-refractivity contribution is 0.731. The van der Waals surface area contributed by atoms with E-state index in [1.165, 1.54) is 43.5 Å². The zero-order valence-corrected chi connectivity index (χ0v) is 8.66. The first-order valence-corrected chi connectivity index (χ1v) is 5.54. The molecule has 0 unspecified atom stereocenters. The third-order valence-electron chi connectivity index (χ3n) is 3.42. The predicted octanol–water partition coefficient (Wildman–Crippen LogP) is 2.34. The summed E-state index contributed by atoms with van der Waals surface area (Å²) in [5, 5.41) is 0. The van der Waals surface area contributed by atoms with Crippen LogP contribution >= 0.6 is 0 Å². The Labute approximate surface area is 85.0 Å². The Balaban J connectivity index is 2.09. The molecule has 1 aliphatic heterocycles. The third kappa shape index (κ3) is 1.21. The molecule has 3 rings (SSSR count). The average Bonchev–Trinajstić information content (AvgIpc) is 3.01. The quantitative estimate of drug-likeness (QED) is 0.672. The van der Waals surface area contributed by atoms with Crippen molar-refractivity contribution in [3.05, 3.63) is 23.5 Å². The molecule has 0 bridgehead atoms. The summed E-state index contributed by atoms with van der Waals surface area (Å²) in [5.74, 6) is 0.837. The van der Waals surface area contributed by atoms with Gasteiger partial charge in [0.1, 0.15) is 0 Å². The van der Waals surface area contributed by atoms with Gasteiger partial charge in [-0.25, -0.2) is 0 Å². The van der Waals surface area contributed by atoms with E-state index in [-0.39, 0.29) is 0 Å². The molecule has 1 fully saturated rings. The van der Waals surface area contributed by atoms with Crippen molar-refractivity contribution in [3.8, 4) is 0 Å². The Hall–Kier alpha value is -1.05. The van der Waals surface area contributed by atoms with Gasteiger partial charge in [-0.3, -0.25) is 4.98 Å². The van der Waals surface area contributed by atoms with Crippen LogP contribution in [0.4, 0.5) is 5.69 Å². The van der Waals surface area contributed by atoms with Gasteiger partial charge in [-0.15, -0.1) is 0 Å². The van der Waals surface area contributed by atoms with E-state index in [0.29, 0.717) is 0 Å². The summed E-state index contributed by atoms with van der Waals surface area (Å²) in [6, 6.07) is 0. The second kappa shape index (κ2) is 2.97. The lowest BCUT2D eigenvalue weighted by Crippen LogP contribution is -2.25. The van der Waals surface area contributed by atoms with Crippen molar-refractivity contribution in [2.75, 3.05) is 18.5 Å². The van der Waals surface area contributed by atoms with Crippen LogP contribution in [0.3, 0.4) is 0 Å². The minimum atomic E-state index is 0.837. The molecule has 2 heteroatoms. The van der Waals surface area contributed by atoms with E-state index < -0.39 is 0 Å². The van der Waals surface area contributed by atoms with Gasteiger partial charge in [-0.1, -0.05) is 0 Å². The zero-order valence-electron chi connectivity index (χ0n) is 8.66. The van der Waals surface area contributed by atoms with E-state index in [4.69, 9.17) is 0 Å². The van der Waals surface area contributed by atoms with Crippen molar-refractivity contribution >= 4 is 5.69 Å². The van der Waals surface area contributed by atoms with Crippen LogP contribution in [0.25, 0.3) is 0 Å². The van der Waals surface area contributed by atoms with E-state index in [0.717, 1.165) is 5.92 Å². The van der Waals surface area contributed by atoms with Crippen LogP contribution in [0.1, 0.15) is 36.3 Å². The van der Waals surface area contributed by atoms with Gasteiger partial charge in [0.05, 0.1) is 11.9 Å². The van der Waals surface area contributed by atoms with Crippen molar-refractivity contribution in [1.82, 2.24) is 4.98 Å². The highest BCUT2D eigenvalue weighted by Gasteiger charge is 2.28. The number of fused-ring (bicyclic) bond motifs is 1. The van der Waals surface area contributed by atoms with E-state index in [1.807, 2.05) is 6.20 Å². The molecule has 0 aromatic carbocycles. The molecule has 74 valence electrons. The Bertz CT molecular complexity index is 341. The monoisotopic (exact) mass is 188 g/mol. The number of rotatable bonds is 1. The molecular formula is C12H16N2. The molecule has 2 aliphatic rings. The average molecular weight is 188 g/mol. The van der Waals surface area contributed by atoms with Crippen LogP contribution in [-0.4, -0.2) is 18.6 Å². The first-order valence-electron chi connectivity index (χ1n) is 5.54. The maximum atomic E-state index is 4.37. The number of pyridine rings is 1. The molecule has 0 radical (unpaired) electrons. The Morgan fingerprint density at radius 1 is 1.36 bits per heavy atom. The van der Waals surface area contributed by atoms with Gasteiger partial charge in [-0.2, -0.15) is 0 Å². The molecule has 0 atom stereocenters. The van der Waals surface area contributed by atoms with E-state index >= 15 is 0 Å². The summed E-state index contributed by atoms with van der Waals surface area (Å²) >= 11 is 0. The molecule has 0 N–H and O–H groups in total. The Morgan fingerprint density at radius 3 is 3.00 bits per heavy atom. The first kappa shape index (κ1) is 8.27. The molecule has 2 heterocycles. The molecule has 0 amide bonds. The van der Waals surface area contributed by atoms with Gasteiger partial charge in [-0.05, 0) is 42.7 Å². The van der Waals surface area contributed by atoms with Gasteiger partial charge in [0, 0.05) is 19.8 Å². The highest BCUT2D eigenvalue weighted by Crippen LogP contribution is 2.44. The van der Waals surface area contributed by atoms with Crippen LogP contribution in [-0.2, 0) is 6.42 Å². The number of anilines is 1. The van der Waals surface area contributed by atoms with Gasteiger partial charge in [0.25, 0.3) is 0 Å². The first-order chi connectivity index (χ1) is 6.86. The fourth-order valence-electron chi connectivity index (χ4n) is 2.45. The smallest absolute Gasteiger partial charge is 0.0585 e. The Kier molecular flexibility index (Phi) is 1.76. The zero-order chi connectivity index (χ0) is 9.54. The van der Waals surface area contributed by atoms with Crippen molar-refractivity contribution in [2.45, 2.75) is 31.6 Å². The van der Waals surface area contributed by atoms with Gasteiger partial charge < -0.3 is 4.90 Å². The van der Waals surface area contributed by atoms with Crippen molar-refractivity contribution in [1.29, 1.82) is 0 Å². The standard InChI is InChI=1S/C12H16N2/c1-14-6-2-3-10-11(9-4-5-9)7-13-8-12(10)14/h7-9H,2-6H2,1H3. The SMILES string of the molecule is CN1CCCc2c(C3CC3)cncc21. The summed E-state index contributed by atoms with van der Waals surface area (Å²) in [7, 11) is 2.18. The molecule has 1 aliphatic carbocycles. The van der Waals surface area contributed by atoms with Crippen LogP contribution in [0, 0.1) is 0 Å². The highest BCUT2D eigenvalue weighted by atomic mass is 15.1. The molecule has 1 aromatic heterocycles. The van der Waals surface area contributed by atoms with Crippen molar-refractivity contribution in [2.24, 2.45) is 0 Å². The van der Waals surface area contributed by atoms with E-state index in [2.05, 4.69) is 23.1 Å². The summed E-state index contributed by atoms with van der Waals surface area (Å²) in [4.78, 5) is 6.71. The minimum absolute atomic E-state index is 0.837. The fraction of sp³-hybridized carbons (Fsp3) is 0.583. The maximum Gasteiger partial charge on any atom is 0.0585 e. The summed E-state index contributed by atoms with van der Waals surface area (Å²) in [5.41, 5.74) is 4.49. The predicted molar refractivity (Wildman–Crippen MR) is 57.8 cm³/mol. The van der Waals surface area contributed by atoms with Crippen LogP contribution < -0.4 is 4.90 Å². The van der Waals surface area contributed by atoms with Gasteiger partial charge in [0.15, 0.2) is 0 Å². The van der Waals surface area contributed by atoms with Crippen LogP contribution in [0.15, 0.2) is 12.4 Å². The lowest BCUT2D eigenvalue weighted by atomic mass is 9.96.